The van der Waals surface area contributed by atoms with Gasteiger partial charge in [-0.3, -0.25) is 5.01 Å². The molecule has 0 amide bonds. The molecule has 0 spiro atoms. The van der Waals surface area contributed by atoms with Gasteiger partial charge in [0.1, 0.15) is 0 Å². The number of tetrazole rings is 1. The Balaban J connectivity index is 0.000000640. The van der Waals surface area contributed by atoms with Gasteiger partial charge in [0.15, 0.2) is 0 Å². The summed E-state index contributed by atoms with van der Waals surface area (Å²) < 4.78 is 0. The van der Waals surface area contributed by atoms with Crippen molar-refractivity contribution in [2.24, 2.45) is 5.84 Å². The molecule has 0 unspecified atom stereocenters. The van der Waals surface area contributed by atoms with Crippen molar-refractivity contribution in [3.05, 3.63) is 0 Å². The summed E-state index contributed by atoms with van der Waals surface area (Å²) in [6.45, 7) is 0. The maximum absolute atomic E-state index is 5.21. The van der Waals surface area contributed by atoms with Gasteiger partial charge >= 0.3 is 0 Å². The molecule has 0 fully saturated rings. The van der Waals surface area contributed by atoms with Crippen LogP contribution in [0.4, 0.5) is 5.95 Å². The van der Waals surface area contributed by atoms with E-state index in [1.54, 1.807) is 7.05 Å². The molecule has 1 rings (SSSR count). The molecule has 0 aromatic carbocycles. The molecule has 0 saturated heterocycles. The molecule has 0 aliphatic rings. The first kappa shape index (κ1) is 8.12. The predicted molar refractivity (Wildman–Crippen MR) is 34.0 cm³/mol. The third kappa shape index (κ3) is 1.82. The fourth-order valence-corrected chi connectivity index (χ4v) is 0.306. The van der Waals surface area contributed by atoms with Crippen LogP contribution in [-0.2, 0) is 0 Å². The molecular weight excluding hydrogens is 144 g/mol. The highest BCUT2D eigenvalue weighted by atomic mass is 35.5. The largest absolute Gasteiger partial charge is 0.279 e. The number of nitrogens with one attached hydrogen (secondary N) is 1. The standard InChI is InChI=1S/C2H6N6.ClH/c1-8(3)2-4-6-7-5-2;/h3H2,1H3,(H,4,5,6,7);1H. The van der Waals surface area contributed by atoms with E-state index in [0.29, 0.717) is 5.95 Å². The summed E-state index contributed by atoms with van der Waals surface area (Å²) in [6, 6.07) is 0. The maximum Gasteiger partial charge on any atom is 0.279 e. The summed E-state index contributed by atoms with van der Waals surface area (Å²) in [7, 11) is 1.63. The second-order valence-electron chi connectivity index (χ2n) is 1.32. The fraction of sp³-hybridized carbons (Fsp3) is 0.500. The minimum Gasteiger partial charge on any atom is -0.279 e. The van der Waals surface area contributed by atoms with E-state index >= 15 is 0 Å². The first-order chi connectivity index (χ1) is 3.80. The van der Waals surface area contributed by atoms with E-state index in [1.807, 2.05) is 0 Å². The highest BCUT2D eigenvalue weighted by Crippen LogP contribution is 1.89. The van der Waals surface area contributed by atoms with Crippen LogP contribution < -0.4 is 10.9 Å². The molecule has 7 heteroatoms. The Labute approximate surface area is 57.8 Å². The smallest absolute Gasteiger partial charge is 0.279 e. The number of aromatic nitrogens is 4. The molecule has 0 bridgehead atoms. The van der Waals surface area contributed by atoms with Gasteiger partial charge in [-0.15, -0.1) is 17.5 Å². The number of halogens is 1. The molecule has 6 nitrogen and oxygen atoms in total. The number of rotatable bonds is 1. The zero-order valence-electron chi connectivity index (χ0n) is 4.77. The molecule has 0 aliphatic heterocycles. The van der Waals surface area contributed by atoms with E-state index in [2.05, 4.69) is 20.6 Å². The van der Waals surface area contributed by atoms with Crippen molar-refractivity contribution in [3.63, 3.8) is 0 Å². The number of nitrogens with zero attached hydrogens (tertiary/aromatic N) is 4. The van der Waals surface area contributed by atoms with Crippen molar-refractivity contribution in [2.75, 3.05) is 12.1 Å². The number of hydrazine groups is 1. The van der Waals surface area contributed by atoms with E-state index in [4.69, 9.17) is 5.84 Å². The molecule has 1 aromatic rings. The Morgan fingerprint density at radius 3 is 2.56 bits per heavy atom. The van der Waals surface area contributed by atoms with Gasteiger partial charge in [-0.1, -0.05) is 5.10 Å². The van der Waals surface area contributed by atoms with E-state index < -0.39 is 0 Å². The SMILES string of the molecule is CN(N)c1nn[nH]n1.Cl. The summed E-state index contributed by atoms with van der Waals surface area (Å²) in [5.74, 6) is 5.59. The lowest BCUT2D eigenvalue weighted by molar-refractivity contribution is 0.881. The van der Waals surface area contributed by atoms with Crippen LogP contribution in [0.1, 0.15) is 0 Å². The minimum atomic E-state index is 0. The van der Waals surface area contributed by atoms with Gasteiger partial charge in [0, 0.05) is 7.05 Å². The molecule has 0 radical (unpaired) electrons. The van der Waals surface area contributed by atoms with Crippen molar-refractivity contribution in [1.82, 2.24) is 20.6 Å². The highest BCUT2D eigenvalue weighted by molar-refractivity contribution is 5.85. The lowest BCUT2D eigenvalue weighted by Crippen LogP contribution is -2.26. The summed E-state index contributed by atoms with van der Waals surface area (Å²) in [4.78, 5) is 0. The van der Waals surface area contributed by atoms with Crippen molar-refractivity contribution < 1.29 is 0 Å². The van der Waals surface area contributed by atoms with Crippen LogP contribution in [0, 0.1) is 0 Å². The van der Waals surface area contributed by atoms with Gasteiger partial charge < -0.3 is 0 Å². The lowest BCUT2D eigenvalue weighted by Gasteiger charge is -2.01. The van der Waals surface area contributed by atoms with Gasteiger partial charge in [-0.05, 0) is 5.21 Å². The molecule has 3 N–H and O–H groups in total. The highest BCUT2D eigenvalue weighted by Gasteiger charge is 1.96. The normalized spacial score (nSPS) is 8.22. The summed E-state index contributed by atoms with van der Waals surface area (Å²) in [5, 5.41) is 14.0. The van der Waals surface area contributed by atoms with E-state index in [9.17, 15) is 0 Å². The Bertz CT molecular complexity index is 146. The van der Waals surface area contributed by atoms with Crippen LogP contribution in [0.2, 0.25) is 0 Å². The second kappa shape index (κ2) is 3.21. The monoisotopic (exact) mass is 150 g/mol. The topological polar surface area (TPSA) is 83.7 Å². The maximum atomic E-state index is 5.21. The molecule has 1 heterocycles. The summed E-state index contributed by atoms with van der Waals surface area (Å²) >= 11 is 0. The van der Waals surface area contributed by atoms with Crippen molar-refractivity contribution in [3.8, 4) is 0 Å². The van der Waals surface area contributed by atoms with Crippen LogP contribution in [0.3, 0.4) is 0 Å². The summed E-state index contributed by atoms with van der Waals surface area (Å²) in [5.41, 5.74) is 0. The van der Waals surface area contributed by atoms with Gasteiger partial charge in [0.2, 0.25) is 0 Å². The number of aromatic amines is 1. The third-order valence-electron chi connectivity index (χ3n) is 0.650. The molecule has 1 aromatic heterocycles. The Morgan fingerprint density at radius 1 is 1.67 bits per heavy atom. The molecular formula is C2H7ClN6. The Hall–Kier alpha value is -0.880. The molecule has 52 valence electrons. The van der Waals surface area contributed by atoms with Crippen molar-refractivity contribution >= 4 is 18.4 Å². The first-order valence-corrected chi connectivity index (χ1v) is 2.02. The number of hydrogen-bond donors (Lipinski definition) is 2. The predicted octanol–water partition coefficient (Wildman–Crippen LogP) is -1.07. The fourth-order valence-electron chi connectivity index (χ4n) is 0.306. The van der Waals surface area contributed by atoms with Crippen LogP contribution in [-0.4, -0.2) is 27.7 Å². The number of anilines is 1. The number of H-pyrrole nitrogens is 1. The van der Waals surface area contributed by atoms with E-state index in [1.165, 1.54) is 5.01 Å². The number of hydrogen-bond acceptors (Lipinski definition) is 5. The average molecular weight is 151 g/mol. The zero-order valence-corrected chi connectivity index (χ0v) is 5.59. The average Bonchev–Trinajstić information content (AvgIpc) is 2.12. The van der Waals surface area contributed by atoms with E-state index in [0.717, 1.165) is 0 Å². The second-order valence-corrected chi connectivity index (χ2v) is 1.32. The van der Waals surface area contributed by atoms with Gasteiger partial charge in [0.25, 0.3) is 5.95 Å². The van der Waals surface area contributed by atoms with Crippen molar-refractivity contribution in [1.29, 1.82) is 0 Å². The van der Waals surface area contributed by atoms with E-state index in [-0.39, 0.29) is 12.4 Å². The molecule has 9 heavy (non-hydrogen) atoms. The molecule has 0 aliphatic carbocycles. The third-order valence-corrected chi connectivity index (χ3v) is 0.650. The van der Waals surface area contributed by atoms with Crippen LogP contribution >= 0.6 is 12.4 Å². The van der Waals surface area contributed by atoms with Gasteiger partial charge in [-0.25, -0.2) is 5.84 Å². The van der Waals surface area contributed by atoms with Gasteiger partial charge in [-0.2, -0.15) is 5.21 Å². The zero-order chi connectivity index (χ0) is 5.98. The molecule has 0 saturated carbocycles. The van der Waals surface area contributed by atoms with Crippen LogP contribution in [0.15, 0.2) is 0 Å². The van der Waals surface area contributed by atoms with Crippen LogP contribution in [0.25, 0.3) is 0 Å². The minimum absolute atomic E-state index is 0. The Morgan fingerprint density at radius 2 is 2.33 bits per heavy atom. The summed E-state index contributed by atoms with van der Waals surface area (Å²) in [6.07, 6.45) is 0. The number of nitrogens with two attached hydrogens (primary N) is 1. The quantitative estimate of drug-likeness (QED) is 0.394. The molecule has 0 atom stereocenters. The first-order valence-electron chi connectivity index (χ1n) is 2.02. The Kier molecular flexibility index (Phi) is 2.89. The van der Waals surface area contributed by atoms with Crippen LogP contribution in [0.5, 0.6) is 0 Å². The van der Waals surface area contributed by atoms with Crippen molar-refractivity contribution in [2.45, 2.75) is 0 Å². The van der Waals surface area contributed by atoms with Gasteiger partial charge in [0.05, 0.1) is 0 Å². The lowest BCUT2D eigenvalue weighted by atomic mass is 11.0.